The zero-order valence-electron chi connectivity index (χ0n) is 7.83. The van der Waals surface area contributed by atoms with E-state index in [1.165, 1.54) is 12.1 Å². The smallest absolute Gasteiger partial charge is 0.237 e. The van der Waals surface area contributed by atoms with Gasteiger partial charge in [-0.3, -0.25) is 4.79 Å². The van der Waals surface area contributed by atoms with Crippen molar-refractivity contribution in [3.63, 3.8) is 0 Å². The zero-order valence-corrected chi connectivity index (χ0v) is 8.72. The van der Waals surface area contributed by atoms with Gasteiger partial charge in [0.2, 0.25) is 5.91 Å². The monoisotopic (exact) mass is 213 g/mol. The zero-order chi connectivity index (χ0) is 10.6. The summed E-state index contributed by atoms with van der Waals surface area (Å²) in [7, 11) is 0. The number of rotatable bonds is 3. The van der Waals surface area contributed by atoms with Crippen LogP contribution in [0.2, 0.25) is 0 Å². The second kappa shape index (κ2) is 5.00. The van der Waals surface area contributed by atoms with Crippen LogP contribution >= 0.6 is 12.6 Å². The molecule has 0 bridgehead atoms. The van der Waals surface area contributed by atoms with Crippen LogP contribution < -0.4 is 5.32 Å². The van der Waals surface area contributed by atoms with Crippen LogP contribution in [0.3, 0.4) is 0 Å². The van der Waals surface area contributed by atoms with Crippen LogP contribution in [0.4, 0.5) is 10.1 Å². The molecule has 1 aromatic rings. The standard InChI is InChI=1S/C10H12FNOS/c1-2-9(14)10(13)12-8-5-3-4-7(11)6-8/h3-6,9,14H,2H2,1H3,(H,12,13). The molecule has 0 spiro atoms. The lowest BCUT2D eigenvalue weighted by Gasteiger charge is -2.08. The number of anilines is 1. The molecule has 14 heavy (non-hydrogen) atoms. The molecule has 0 saturated carbocycles. The lowest BCUT2D eigenvalue weighted by atomic mass is 10.2. The molecule has 1 aromatic carbocycles. The summed E-state index contributed by atoms with van der Waals surface area (Å²) in [6, 6.07) is 5.78. The van der Waals surface area contributed by atoms with Crippen LogP contribution in [0, 0.1) is 5.82 Å². The summed E-state index contributed by atoms with van der Waals surface area (Å²) in [5.74, 6) is -0.573. The van der Waals surface area contributed by atoms with E-state index in [9.17, 15) is 9.18 Å². The molecule has 1 N–H and O–H groups in total. The Morgan fingerprint density at radius 1 is 1.64 bits per heavy atom. The first-order valence-electron chi connectivity index (χ1n) is 4.38. The fourth-order valence-corrected chi connectivity index (χ4v) is 1.04. The minimum Gasteiger partial charge on any atom is -0.325 e. The third kappa shape index (κ3) is 3.03. The van der Waals surface area contributed by atoms with E-state index in [1.807, 2.05) is 6.92 Å². The Morgan fingerprint density at radius 2 is 2.36 bits per heavy atom. The highest BCUT2D eigenvalue weighted by Gasteiger charge is 2.11. The van der Waals surface area contributed by atoms with Crippen molar-refractivity contribution in [2.24, 2.45) is 0 Å². The molecule has 0 aromatic heterocycles. The fraction of sp³-hybridized carbons (Fsp3) is 0.300. The Balaban J connectivity index is 2.65. The van der Waals surface area contributed by atoms with E-state index in [4.69, 9.17) is 0 Å². The van der Waals surface area contributed by atoms with Crippen molar-refractivity contribution >= 4 is 24.2 Å². The summed E-state index contributed by atoms with van der Waals surface area (Å²) in [5, 5.41) is 2.23. The molecule has 76 valence electrons. The molecule has 1 rings (SSSR count). The van der Waals surface area contributed by atoms with Gasteiger partial charge in [-0.05, 0) is 24.6 Å². The average molecular weight is 213 g/mol. The lowest BCUT2D eigenvalue weighted by Crippen LogP contribution is -2.22. The molecule has 0 aliphatic heterocycles. The van der Waals surface area contributed by atoms with Crippen molar-refractivity contribution in [3.05, 3.63) is 30.1 Å². The van der Waals surface area contributed by atoms with Gasteiger partial charge in [0, 0.05) is 5.69 Å². The van der Waals surface area contributed by atoms with Gasteiger partial charge in [0.05, 0.1) is 5.25 Å². The molecule has 0 saturated heterocycles. The highest BCUT2D eigenvalue weighted by atomic mass is 32.1. The number of benzene rings is 1. The Bertz CT molecular complexity index is 330. The van der Waals surface area contributed by atoms with Crippen molar-refractivity contribution in [1.29, 1.82) is 0 Å². The predicted octanol–water partition coefficient (Wildman–Crippen LogP) is 2.47. The maximum atomic E-state index is 12.7. The van der Waals surface area contributed by atoms with Crippen molar-refractivity contribution in [1.82, 2.24) is 0 Å². The topological polar surface area (TPSA) is 29.1 Å². The Labute approximate surface area is 87.9 Å². The van der Waals surface area contributed by atoms with E-state index >= 15 is 0 Å². The largest absolute Gasteiger partial charge is 0.325 e. The molecule has 0 fully saturated rings. The van der Waals surface area contributed by atoms with Crippen molar-refractivity contribution < 1.29 is 9.18 Å². The van der Waals surface area contributed by atoms with Crippen LogP contribution in [-0.4, -0.2) is 11.2 Å². The van der Waals surface area contributed by atoms with Crippen molar-refractivity contribution in [3.8, 4) is 0 Å². The molecule has 4 heteroatoms. The lowest BCUT2D eigenvalue weighted by molar-refractivity contribution is -0.115. The van der Waals surface area contributed by atoms with Gasteiger partial charge in [0.1, 0.15) is 5.82 Å². The summed E-state index contributed by atoms with van der Waals surface area (Å²) < 4.78 is 12.7. The van der Waals surface area contributed by atoms with Crippen LogP contribution in [0.1, 0.15) is 13.3 Å². The minimum atomic E-state index is -0.366. The maximum absolute atomic E-state index is 12.7. The molecule has 2 nitrogen and oxygen atoms in total. The van der Waals surface area contributed by atoms with Gasteiger partial charge in [-0.1, -0.05) is 13.0 Å². The molecule has 0 heterocycles. The van der Waals surface area contributed by atoms with Gasteiger partial charge >= 0.3 is 0 Å². The summed E-state index contributed by atoms with van der Waals surface area (Å²) in [6.45, 7) is 1.86. The predicted molar refractivity (Wildman–Crippen MR) is 58.1 cm³/mol. The summed E-state index contributed by atoms with van der Waals surface area (Å²) in [6.07, 6.45) is 0.643. The van der Waals surface area contributed by atoms with E-state index in [0.29, 0.717) is 12.1 Å². The van der Waals surface area contributed by atoms with E-state index in [1.54, 1.807) is 12.1 Å². The van der Waals surface area contributed by atoms with Crippen molar-refractivity contribution in [2.45, 2.75) is 18.6 Å². The molecular formula is C10H12FNOS. The van der Waals surface area contributed by atoms with Gasteiger partial charge in [-0.15, -0.1) is 0 Å². The quantitative estimate of drug-likeness (QED) is 0.742. The summed E-state index contributed by atoms with van der Waals surface area (Å²) in [5.41, 5.74) is 0.461. The summed E-state index contributed by atoms with van der Waals surface area (Å²) >= 11 is 4.08. The highest BCUT2D eigenvalue weighted by Crippen LogP contribution is 2.11. The molecular weight excluding hydrogens is 201 g/mol. The van der Waals surface area contributed by atoms with E-state index in [0.717, 1.165) is 0 Å². The van der Waals surface area contributed by atoms with E-state index in [-0.39, 0.29) is 17.0 Å². The number of hydrogen-bond acceptors (Lipinski definition) is 2. The first-order chi connectivity index (χ1) is 6.63. The summed E-state index contributed by atoms with van der Waals surface area (Å²) in [4.78, 5) is 11.3. The first-order valence-corrected chi connectivity index (χ1v) is 4.89. The number of nitrogens with one attached hydrogen (secondary N) is 1. The number of thiol groups is 1. The van der Waals surface area contributed by atoms with Crippen LogP contribution in [-0.2, 0) is 4.79 Å². The number of amides is 1. The highest BCUT2D eigenvalue weighted by molar-refractivity contribution is 7.81. The third-order valence-electron chi connectivity index (χ3n) is 1.78. The fourth-order valence-electron chi connectivity index (χ4n) is 0.977. The van der Waals surface area contributed by atoms with E-state index in [2.05, 4.69) is 17.9 Å². The Hall–Kier alpha value is -1.03. The van der Waals surface area contributed by atoms with Gasteiger partial charge < -0.3 is 5.32 Å². The number of carbonyl (C=O) groups excluding carboxylic acids is 1. The SMILES string of the molecule is CCC(S)C(=O)Nc1cccc(F)c1. The van der Waals surface area contributed by atoms with Crippen molar-refractivity contribution in [2.75, 3.05) is 5.32 Å². The number of hydrogen-bond donors (Lipinski definition) is 2. The van der Waals surface area contributed by atoms with Crippen LogP contribution in [0.15, 0.2) is 24.3 Å². The second-order valence-corrected chi connectivity index (χ2v) is 3.55. The van der Waals surface area contributed by atoms with Crippen LogP contribution in [0.25, 0.3) is 0 Å². The van der Waals surface area contributed by atoms with Crippen LogP contribution in [0.5, 0.6) is 0 Å². The van der Waals surface area contributed by atoms with Gasteiger partial charge in [0.25, 0.3) is 0 Å². The average Bonchev–Trinajstić information content (AvgIpc) is 2.16. The molecule has 0 radical (unpaired) electrons. The molecule has 0 aliphatic carbocycles. The molecule has 1 unspecified atom stereocenters. The van der Waals surface area contributed by atoms with Gasteiger partial charge in [0.15, 0.2) is 0 Å². The molecule has 1 atom stereocenters. The number of carbonyl (C=O) groups is 1. The first kappa shape index (κ1) is 11.0. The minimum absolute atomic E-state index is 0.207. The molecule has 0 aliphatic rings. The Morgan fingerprint density at radius 3 is 2.93 bits per heavy atom. The second-order valence-electron chi connectivity index (χ2n) is 2.92. The van der Waals surface area contributed by atoms with Gasteiger partial charge in [-0.2, -0.15) is 12.6 Å². The maximum Gasteiger partial charge on any atom is 0.237 e. The molecule has 1 amide bonds. The Kier molecular flexibility index (Phi) is 3.95. The normalized spacial score (nSPS) is 12.2. The number of halogens is 1. The van der Waals surface area contributed by atoms with E-state index < -0.39 is 0 Å². The third-order valence-corrected chi connectivity index (χ3v) is 2.38. The van der Waals surface area contributed by atoms with Gasteiger partial charge in [-0.25, -0.2) is 4.39 Å².